The molecule has 0 fully saturated rings. The Morgan fingerprint density at radius 1 is 0.427 bits per heavy atom. The summed E-state index contributed by atoms with van der Waals surface area (Å²) in [5, 5.41) is 44.1. The number of ether oxygens (including phenoxy) is 5. The first-order valence-corrected chi connectivity index (χ1v) is 35.4. The number of nitrogens with zero attached hydrogens (tertiary/aromatic N) is 9. The lowest BCUT2D eigenvalue weighted by atomic mass is 10.0. The first kappa shape index (κ1) is 79.9. The third-order valence-corrected chi connectivity index (χ3v) is 18.6. The Morgan fingerprint density at radius 3 is 1.07 bits per heavy atom. The van der Waals surface area contributed by atoms with Crippen molar-refractivity contribution in [1.82, 2.24) is 44.4 Å². The number of benzene rings is 8. The number of aromatic hydroxyl groups is 4. The highest BCUT2D eigenvalue weighted by molar-refractivity contribution is 6.29. The van der Waals surface area contributed by atoms with E-state index in [1.54, 1.807) is 86.5 Å². The first-order valence-electron chi connectivity index (χ1n) is 35.4. The second kappa shape index (κ2) is 32.5. The number of hydrogen-bond acceptors (Lipinski definition) is 23. The fraction of sp³-hybridized carbons (Fsp3) is 0.167. The molecule has 0 atom stereocenters. The number of pyridine rings is 4. The lowest BCUT2D eigenvalue weighted by Crippen LogP contribution is -2.29. The van der Waals surface area contributed by atoms with E-state index in [9.17, 15) is 85.9 Å². The van der Waals surface area contributed by atoms with Gasteiger partial charge in [0.05, 0.1) is 50.0 Å². The van der Waals surface area contributed by atoms with E-state index in [1.807, 2.05) is 0 Å². The minimum absolute atomic E-state index is 0.0302. The topological polar surface area (TPSA) is 392 Å². The highest BCUT2D eigenvalue weighted by Gasteiger charge is 2.47. The molecule has 0 aliphatic carbocycles. The van der Waals surface area contributed by atoms with Gasteiger partial charge in [-0.25, -0.2) is 27.2 Å². The van der Waals surface area contributed by atoms with Crippen LogP contribution in [0.3, 0.4) is 0 Å². The van der Waals surface area contributed by atoms with Gasteiger partial charge in [0.1, 0.15) is 90.4 Å². The zero-order chi connectivity index (χ0) is 83.7. The summed E-state index contributed by atoms with van der Waals surface area (Å²) < 4.78 is 79.9. The fourth-order valence-electron chi connectivity index (χ4n) is 13.4. The van der Waals surface area contributed by atoms with Crippen LogP contribution in [0.2, 0.25) is 0 Å². The molecule has 9 amide bonds. The minimum atomic E-state index is -0.774. The molecule has 33 heteroatoms. The SMILES string of the molecule is CC(C)(C)OC(=O)COc1c2c(c(O)c3ncccc13)C(=O)N(Cc1ccc(F)cc1)C2=O.CN(C)C(=O)Oc1c2c(c(O)c3ncccc13)C(=O)N(Cc1ccc(F)cc1)C2=O.COc1c2c(c(O)c3ncccc13)C(=O)N(Cc1ccc(F)cc1)C2.NC(=O)COc1c2c(c(O)c3ncccc13)C(=O)N(Cc1ccc(F)cc1)C2=O. The van der Waals surface area contributed by atoms with Crippen LogP contribution in [0, 0.1) is 23.3 Å². The predicted molar refractivity (Wildman–Crippen MR) is 408 cm³/mol. The molecule has 4 aliphatic rings. The zero-order valence-corrected chi connectivity index (χ0v) is 62.6. The van der Waals surface area contributed by atoms with Crippen molar-refractivity contribution >= 4 is 103 Å². The van der Waals surface area contributed by atoms with Crippen LogP contribution in [-0.2, 0) is 47.0 Å². The molecule has 0 radical (unpaired) electrons. The number of rotatable bonds is 16. The lowest BCUT2D eigenvalue weighted by molar-refractivity contribution is -0.157. The normalized spacial score (nSPS) is 13.2. The molecule has 117 heavy (non-hydrogen) atoms. The maximum Gasteiger partial charge on any atom is 0.414 e. The second-order valence-electron chi connectivity index (χ2n) is 27.8. The number of aromatic nitrogens is 4. The number of esters is 1. The van der Waals surface area contributed by atoms with E-state index in [0.29, 0.717) is 52.0 Å². The molecule has 4 aromatic heterocycles. The van der Waals surface area contributed by atoms with E-state index < -0.39 is 107 Å². The molecule has 0 bridgehead atoms. The van der Waals surface area contributed by atoms with Gasteiger partial charge in [-0.05, 0) is 140 Å². The Morgan fingerprint density at radius 2 is 0.735 bits per heavy atom. The highest BCUT2D eigenvalue weighted by Crippen LogP contribution is 2.49. The van der Waals surface area contributed by atoms with Crippen molar-refractivity contribution in [3.05, 3.63) is 260 Å². The van der Waals surface area contributed by atoms with E-state index in [-0.39, 0.29) is 126 Å². The molecule has 4 aliphatic heterocycles. The molecule has 12 aromatic rings. The Bertz CT molecular complexity index is 6130. The van der Waals surface area contributed by atoms with Crippen LogP contribution >= 0.6 is 0 Å². The number of halogens is 4. The van der Waals surface area contributed by atoms with Gasteiger partial charge in [-0.2, -0.15) is 0 Å². The number of fused-ring (bicyclic) bond motifs is 8. The fourth-order valence-corrected chi connectivity index (χ4v) is 13.4. The van der Waals surface area contributed by atoms with E-state index >= 15 is 0 Å². The Hall–Kier alpha value is -15.2. The molecule has 0 spiro atoms. The Kier molecular flexibility index (Phi) is 22.2. The molecule has 0 unspecified atom stereocenters. The highest BCUT2D eigenvalue weighted by atomic mass is 19.1. The molecule has 594 valence electrons. The van der Waals surface area contributed by atoms with Crippen molar-refractivity contribution in [3.63, 3.8) is 0 Å². The number of imide groups is 3. The number of hydrogen-bond donors (Lipinski definition) is 5. The summed E-state index contributed by atoms with van der Waals surface area (Å²) in [6.45, 7) is 4.29. The number of carbonyl (C=O) groups excluding carboxylic acids is 10. The summed E-state index contributed by atoms with van der Waals surface area (Å²) >= 11 is 0. The maximum atomic E-state index is 13.3. The number of nitrogens with two attached hydrogens (primary N) is 1. The van der Waals surface area contributed by atoms with Crippen LogP contribution in [0.15, 0.2) is 170 Å². The predicted octanol–water partition coefficient (Wildman–Crippen LogP) is 11.5. The Labute approximate surface area is 659 Å². The molecule has 0 saturated heterocycles. The van der Waals surface area contributed by atoms with E-state index in [4.69, 9.17) is 29.4 Å². The van der Waals surface area contributed by atoms with Crippen LogP contribution in [0.5, 0.6) is 46.0 Å². The van der Waals surface area contributed by atoms with Crippen LogP contribution in [0.4, 0.5) is 22.4 Å². The summed E-state index contributed by atoms with van der Waals surface area (Å²) in [4.78, 5) is 149. The molecule has 0 saturated carbocycles. The number of methoxy groups -OCH3 is 1. The van der Waals surface area contributed by atoms with Gasteiger partial charge in [0.2, 0.25) is 0 Å². The van der Waals surface area contributed by atoms with Gasteiger partial charge in [-0.1, -0.05) is 48.5 Å². The van der Waals surface area contributed by atoms with Gasteiger partial charge >= 0.3 is 12.1 Å². The van der Waals surface area contributed by atoms with Crippen molar-refractivity contribution < 1.29 is 110 Å². The van der Waals surface area contributed by atoms with E-state index in [2.05, 4.69) is 19.9 Å². The standard InChI is InChI=1S/C24H21FN2O6.C21H16FN3O5.C20H14FN3O5.C19H15FN2O3/c1-24(2,3)33-16(28)12-32-21-15-5-4-10-26-19(15)20(29)17-18(21)23(31)27(22(17)30)11-13-6-8-14(25)9-7-13;1-24(2)21(29)30-18-13-4-3-9-23-16(13)17(26)14-15(18)20(28)25(19(14)27)10-11-5-7-12(22)8-6-11;21-11-5-3-10(4-6-11)8-24-19(27)14-15(20(24)28)18(29-9-13(22)25)12-2-1-7-23-16(12)17(14)26;1-25-18-13-3-2-8-21-16(13)17(23)15-14(18)10-22(19(15)24)9-11-4-6-12(20)7-5-11/h4-10,29H,11-12H2,1-3H3;3-9,26H,10H2,1-2H3;1-7,26H,8-9H2,(H2,22,25);2-8,23H,9-10H2,1H3. The lowest BCUT2D eigenvalue weighted by Gasteiger charge is -2.20. The third kappa shape index (κ3) is 15.8. The van der Waals surface area contributed by atoms with Gasteiger partial charge in [0.25, 0.3) is 47.3 Å². The number of amides is 9. The average molecular weight is 1600 g/mol. The van der Waals surface area contributed by atoms with Crippen molar-refractivity contribution in [2.24, 2.45) is 5.73 Å². The van der Waals surface area contributed by atoms with Crippen LogP contribution in [0.1, 0.15) is 121 Å². The Balaban J connectivity index is 0.000000136. The number of phenols is 4. The minimum Gasteiger partial charge on any atom is -0.505 e. The molecule has 6 N–H and O–H groups in total. The molecule has 8 heterocycles. The van der Waals surface area contributed by atoms with Crippen LogP contribution in [0.25, 0.3) is 43.6 Å². The van der Waals surface area contributed by atoms with Gasteiger partial charge in [0.15, 0.2) is 42.0 Å². The van der Waals surface area contributed by atoms with Gasteiger partial charge < -0.3 is 59.6 Å². The zero-order valence-electron chi connectivity index (χ0n) is 62.6. The summed E-state index contributed by atoms with van der Waals surface area (Å²) in [5.74, 6) is -9.01. The van der Waals surface area contributed by atoms with E-state index in [1.165, 1.54) is 136 Å². The van der Waals surface area contributed by atoms with Crippen molar-refractivity contribution in [2.45, 2.75) is 59.1 Å². The average Bonchev–Trinajstić information content (AvgIpc) is 1.61. The van der Waals surface area contributed by atoms with Gasteiger partial charge in [-0.3, -0.25) is 73.0 Å². The van der Waals surface area contributed by atoms with E-state index in [0.717, 1.165) is 20.3 Å². The molecular formula is C84H66F4N10O19. The molecule has 29 nitrogen and oxygen atoms in total. The van der Waals surface area contributed by atoms with Crippen LogP contribution in [-0.4, -0.2) is 164 Å². The summed E-state index contributed by atoms with van der Waals surface area (Å²) in [6.07, 6.45) is 5.03. The smallest absolute Gasteiger partial charge is 0.414 e. The number of phenolic OH excluding ortho intramolecular Hbond substituents is 4. The molecule has 16 rings (SSSR count). The monoisotopic (exact) mass is 1590 g/mol. The quantitative estimate of drug-likeness (QED) is 0.0341. The summed E-state index contributed by atoms with van der Waals surface area (Å²) in [6, 6.07) is 34.9. The number of carbonyl (C=O) groups is 10. The van der Waals surface area contributed by atoms with Gasteiger partial charge in [-0.15, -0.1) is 0 Å². The number of primary amides is 1. The summed E-state index contributed by atoms with van der Waals surface area (Å²) in [5.41, 5.74) is 6.77. The summed E-state index contributed by atoms with van der Waals surface area (Å²) in [7, 11) is 4.47. The maximum absolute atomic E-state index is 13.3. The molecule has 8 aromatic carbocycles. The van der Waals surface area contributed by atoms with Crippen molar-refractivity contribution in [2.75, 3.05) is 34.4 Å². The van der Waals surface area contributed by atoms with Crippen LogP contribution < -0.4 is 24.7 Å². The molecular weight excluding hydrogens is 1530 g/mol. The van der Waals surface area contributed by atoms with Gasteiger partial charge in [0, 0.05) is 72.5 Å². The second-order valence-corrected chi connectivity index (χ2v) is 27.8. The third-order valence-electron chi connectivity index (χ3n) is 18.6. The van der Waals surface area contributed by atoms with Crippen molar-refractivity contribution in [3.8, 4) is 46.0 Å². The first-order chi connectivity index (χ1) is 55.8. The van der Waals surface area contributed by atoms with Crippen molar-refractivity contribution in [1.29, 1.82) is 0 Å². The largest absolute Gasteiger partial charge is 0.505 e.